The van der Waals surface area contributed by atoms with Crippen LogP contribution in [-0.2, 0) is 0 Å². The topological polar surface area (TPSA) is 63.2 Å². The maximum atomic E-state index is 12.6. The van der Waals surface area contributed by atoms with Crippen molar-refractivity contribution in [2.24, 2.45) is 0 Å². The number of ether oxygens (including phenoxy) is 1. The van der Waals surface area contributed by atoms with Crippen molar-refractivity contribution >= 4 is 33.8 Å². The van der Waals surface area contributed by atoms with Crippen LogP contribution in [0.4, 0.5) is 16.5 Å². The Morgan fingerprint density at radius 2 is 2.08 bits per heavy atom. The maximum Gasteiger partial charge on any atom is 0.255 e. The summed E-state index contributed by atoms with van der Waals surface area (Å²) in [6, 6.07) is 14.8. The molecule has 0 radical (unpaired) electrons. The highest BCUT2D eigenvalue weighted by molar-refractivity contribution is 7.13. The second-order valence-corrected chi connectivity index (χ2v) is 6.24. The van der Waals surface area contributed by atoms with Crippen LogP contribution in [0.15, 0.2) is 60.1 Å². The first-order valence-electron chi connectivity index (χ1n) is 8.06. The lowest BCUT2D eigenvalue weighted by Crippen LogP contribution is -2.13. The molecule has 0 spiro atoms. The van der Waals surface area contributed by atoms with Gasteiger partial charge >= 0.3 is 0 Å². The molecule has 0 saturated carbocycles. The van der Waals surface area contributed by atoms with Gasteiger partial charge in [-0.15, -0.1) is 11.3 Å². The van der Waals surface area contributed by atoms with Crippen LogP contribution < -0.4 is 15.4 Å². The predicted octanol–water partition coefficient (Wildman–Crippen LogP) is 4.93. The lowest BCUT2D eigenvalue weighted by Gasteiger charge is -2.12. The SMILES string of the molecule is CCCOc1ccccc1NC(=O)c1cccc(Nc2nccs2)c1. The number of benzene rings is 2. The molecule has 0 bridgehead atoms. The third kappa shape index (κ3) is 4.58. The predicted molar refractivity (Wildman–Crippen MR) is 102 cm³/mol. The van der Waals surface area contributed by atoms with Gasteiger partial charge in [-0.2, -0.15) is 0 Å². The van der Waals surface area contributed by atoms with Crippen molar-refractivity contribution in [3.05, 3.63) is 65.7 Å². The Labute approximate surface area is 150 Å². The smallest absolute Gasteiger partial charge is 0.255 e. The molecule has 0 unspecified atom stereocenters. The Hall–Kier alpha value is -2.86. The molecule has 0 aliphatic rings. The van der Waals surface area contributed by atoms with Gasteiger partial charge in [-0.05, 0) is 36.8 Å². The van der Waals surface area contributed by atoms with E-state index >= 15 is 0 Å². The standard InChI is InChI=1S/C19H19N3O2S/c1-2-11-24-17-9-4-3-8-16(17)22-18(23)14-6-5-7-15(13-14)21-19-20-10-12-25-19/h3-10,12-13H,2,11H2,1H3,(H,20,21)(H,22,23). The molecule has 0 aliphatic carbocycles. The van der Waals surface area contributed by atoms with Gasteiger partial charge in [0.1, 0.15) is 5.75 Å². The zero-order valence-corrected chi connectivity index (χ0v) is 14.7. The average molecular weight is 353 g/mol. The molecule has 3 aromatic rings. The fraction of sp³-hybridized carbons (Fsp3) is 0.158. The fourth-order valence-corrected chi connectivity index (χ4v) is 2.80. The molecule has 128 valence electrons. The van der Waals surface area contributed by atoms with E-state index in [4.69, 9.17) is 4.74 Å². The molecule has 5 nitrogen and oxygen atoms in total. The van der Waals surface area contributed by atoms with Crippen molar-refractivity contribution < 1.29 is 9.53 Å². The molecule has 1 aromatic heterocycles. The molecule has 0 saturated heterocycles. The van der Waals surface area contributed by atoms with E-state index in [9.17, 15) is 4.79 Å². The summed E-state index contributed by atoms with van der Waals surface area (Å²) in [6.45, 7) is 2.66. The van der Waals surface area contributed by atoms with Crippen molar-refractivity contribution in [2.45, 2.75) is 13.3 Å². The van der Waals surface area contributed by atoms with Crippen LogP contribution in [0.25, 0.3) is 0 Å². The average Bonchev–Trinajstić information content (AvgIpc) is 3.14. The molecule has 6 heteroatoms. The summed E-state index contributed by atoms with van der Waals surface area (Å²) in [6.07, 6.45) is 2.64. The van der Waals surface area contributed by atoms with Gasteiger partial charge in [0.2, 0.25) is 0 Å². The molecule has 1 heterocycles. The summed E-state index contributed by atoms with van der Waals surface area (Å²) in [5.74, 6) is 0.491. The Balaban J connectivity index is 1.73. The molecule has 3 rings (SSSR count). The molecule has 2 N–H and O–H groups in total. The van der Waals surface area contributed by atoms with Gasteiger partial charge in [0.25, 0.3) is 5.91 Å². The molecule has 25 heavy (non-hydrogen) atoms. The quantitative estimate of drug-likeness (QED) is 0.632. The summed E-state index contributed by atoms with van der Waals surface area (Å²) in [5.41, 5.74) is 2.05. The number of para-hydroxylation sites is 2. The Kier molecular flexibility index (Phi) is 5.64. The highest BCUT2D eigenvalue weighted by Gasteiger charge is 2.10. The lowest BCUT2D eigenvalue weighted by molar-refractivity contribution is 0.102. The third-order valence-electron chi connectivity index (χ3n) is 3.41. The highest BCUT2D eigenvalue weighted by Crippen LogP contribution is 2.25. The molecule has 1 amide bonds. The first-order chi connectivity index (χ1) is 12.3. The van der Waals surface area contributed by atoms with E-state index in [1.807, 2.05) is 48.7 Å². The van der Waals surface area contributed by atoms with Crippen LogP contribution >= 0.6 is 11.3 Å². The summed E-state index contributed by atoms with van der Waals surface area (Å²) in [7, 11) is 0. The van der Waals surface area contributed by atoms with Crippen LogP contribution in [0.1, 0.15) is 23.7 Å². The summed E-state index contributed by atoms with van der Waals surface area (Å²) < 4.78 is 5.68. The minimum atomic E-state index is -0.185. The number of thiazole rings is 1. The van der Waals surface area contributed by atoms with E-state index in [-0.39, 0.29) is 5.91 Å². The fourth-order valence-electron chi connectivity index (χ4n) is 2.25. The van der Waals surface area contributed by atoms with Crippen molar-refractivity contribution in [1.82, 2.24) is 4.98 Å². The van der Waals surface area contributed by atoms with E-state index in [1.54, 1.807) is 18.3 Å². The van der Waals surface area contributed by atoms with Crippen LogP contribution in [-0.4, -0.2) is 17.5 Å². The number of carbonyl (C=O) groups is 1. The first kappa shape index (κ1) is 17.0. The van der Waals surface area contributed by atoms with E-state index < -0.39 is 0 Å². The largest absolute Gasteiger partial charge is 0.491 e. The first-order valence-corrected chi connectivity index (χ1v) is 8.94. The van der Waals surface area contributed by atoms with E-state index in [0.29, 0.717) is 23.6 Å². The lowest BCUT2D eigenvalue weighted by atomic mass is 10.2. The van der Waals surface area contributed by atoms with Gasteiger partial charge in [0, 0.05) is 22.8 Å². The van der Waals surface area contributed by atoms with E-state index in [2.05, 4.69) is 15.6 Å². The van der Waals surface area contributed by atoms with Crippen LogP contribution in [0.2, 0.25) is 0 Å². The minimum Gasteiger partial charge on any atom is -0.491 e. The van der Waals surface area contributed by atoms with Gasteiger partial charge in [-0.3, -0.25) is 4.79 Å². The summed E-state index contributed by atoms with van der Waals surface area (Å²) in [4.78, 5) is 16.8. The van der Waals surface area contributed by atoms with Gasteiger partial charge in [-0.1, -0.05) is 25.1 Å². The zero-order valence-electron chi connectivity index (χ0n) is 13.9. The number of hydrogen-bond donors (Lipinski definition) is 2. The number of anilines is 3. The van der Waals surface area contributed by atoms with Crippen molar-refractivity contribution in [3.63, 3.8) is 0 Å². The normalized spacial score (nSPS) is 10.3. The molecule has 0 atom stereocenters. The molecule has 0 fully saturated rings. The number of carbonyl (C=O) groups excluding carboxylic acids is 1. The molecular formula is C19H19N3O2S. The molecule has 0 aliphatic heterocycles. The van der Waals surface area contributed by atoms with E-state index in [1.165, 1.54) is 11.3 Å². The van der Waals surface area contributed by atoms with E-state index in [0.717, 1.165) is 17.2 Å². The highest BCUT2D eigenvalue weighted by atomic mass is 32.1. The number of rotatable bonds is 7. The number of nitrogens with one attached hydrogen (secondary N) is 2. The van der Waals surface area contributed by atoms with Gasteiger partial charge in [0.15, 0.2) is 5.13 Å². The monoisotopic (exact) mass is 353 g/mol. The van der Waals surface area contributed by atoms with Crippen molar-refractivity contribution in [1.29, 1.82) is 0 Å². The summed E-state index contributed by atoms with van der Waals surface area (Å²) in [5, 5.41) is 8.78. The van der Waals surface area contributed by atoms with Crippen LogP contribution in [0.5, 0.6) is 5.75 Å². The number of amides is 1. The number of nitrogens with zero attached hydrogens (tertiary/aromatic N) is 1. The summed E-state index contributed by atoms with van der Waals surface area (Å²) >= 11 is 1.50. The van der Waals surface area contributed by atoms with Crippen LogP contribution in [0.3, 0.4) is 0 Å². The van der Waals surface area contributed by atoms with Gasteiger partial charge < -0.3 is 15.4 Å². The van der Waals surface area contributed by atoms with Crippen molar-refractivity contribution in [2.75, 3.05) is 17.2 Å². The second-order valence-electron chi connectivity index (χ2n) is 5.34. The number of aromatic nitrogens is 1. The van der Waals surface area contributed by atoms with Crippen molar-refractivity contribution in [3.8, 4) is 5.75 Å². The maximum absolute atomic E-state index is 12.6. The number of hydrogen-bond acceptors (Lipinski definition) is 5. The second kappa shape index (κ2) is 8.30. The minimum absolute atomic E-state index is 0.185. The molecular weight excluding hydrogens is 334 g/mol. The van der Waals surface area contributed by atoms with Crippen LogP contribution in [0, 0.1) is 0 Å². The zero-order chi connectivity index (χ0) is 17.5. The van der Waals surface area contributed by atoms with Gasteiger partial charge in [0.05, 0.1) is 12.3 Å². The Bertz CT molecular complexity index is 834. The molecule has 2 aromatic carbocycles. The van der Waals surface area contributed by atoms with Gasteiger partial charge in [-0.25, -0.2) is 4.98 Å². The Morgan fingerprint density at radius 3 is 2.88 bits per heavy atom. The Morgan fingerprint density at radius 1 is 1.20 bits per heavy atom. The third-order valence-corrected chi connectivity index (χ3v) is 4.09.